The summed E-state index contributed by atoms with van der Waals surface area (Å²) in [5, 5.41) is 4.86. The van der Waals surface area contributed by atoms with Crippen molar-refractivity contribution >= 4 is 40.3 Å². The molecule has 0 radical (unpaired) electrons. The van der Waals surface area contributed by atoms with Crippen LogP contribution in [0.15, 0.2) is 46.7 Å². The first-order valence-electron chi connectivity index (χ1n) is 10.6. The first-order chi connectivity index (χ1) is 15.9. The number of halogens is 4. The summed E-state index contributed by atoms with van der Waals surface area (Å²) < 4.78 is 45.8. The van der Waals surface area contributed by atoms with Gasteiger partial charge in [-0.1, -0.05) is 19.9 Å². The summed E-state index contributed by atoms with van der Waals surface area (Å²) in [6.45, 7) is 5.33. The van der Waals surface area contributed by atoms with Crippen LogP contribution in [0.25, 0.3) is 0 Å². The monoisotopic (exact) mass is 591 g/mol. The summed E-state index contributed by atoms with van der Waals surface area (Å²) in [5.74, 6) is -1.95. The molecule has 34 heavy (non-hydrogen) atoms. The van der Waals surface area contributed by atoms with Crippen molar-refractivity contribution in [1.29, 1.82) is 0 Å². The highest BCUT2D eigenvalue weighted by molar-refractivity contribution is 14.1. The highest BCUT2D eigenvalue weighted by Crippen LogP contribution is 2.34. The number of nitrogens with one attached hydrogen (secondary N) is 2. The molecular weight excluding hydrogens is 566 g/mol. The Balaban J connectivity index is 1.73. The number of anilines is 1. The van der Waals surface area contributed by atoms with Crippen molar-refractivity contribution in [3.8, 4) is 0 Å². The highest BCUT2D eigenvalue weighted by atomic mass is 127. The van der Waals surface area contributed by atoms with Crippen molar-refractivity contribution < 1.29 is 27.5 Å². The minimum atomic E-state index is -3.17. The Morgan fingerprint density at radius 3 is 2.65 bits per heavy atom. The molecule has 1 aliphatic heterocycles. The Kier molecular flexibility index (Phi) is 7.94. The number of hydrogen-bond acceptors (Lipinski definition) is 5. The van der Waals surface area contributed by atoms with Crippen LogP contribution in [0, 0.1) is 3.57 Å². The summed E-state index contributed by atoms with van der Waals surface area (Å²) in [4.78, 5) is 37.4. The Hall–Kier alpha value is -2.57. The van der Waals surface area contributed by atoms with Gasteiger partial charge in [0.05, 0.1) is 30.0 Å². The van der Waals surface area contributed by atoms with Crippen LogP contribution in [0.4, 0.5) is 23.7 Å². The van der Waals surface area contributed by atoms with E-state index in [1.54, 1.807) is 25.1 Å². The van der Waals surface area contributed by atoms with E-state index in [1.165, 1.54) is 17.0 Å². The van der Waals surface area contributed by atoms with Crippen molar-refractivity contribution in [3.05, 3.63) is 61.2 Å². The van der Waals surface area contributed by atoms with Crippen molar-refractivity contribution in [2.45, 2.75) is 51.2 Å². The van der Waals surface area contributed by atoms with E-state index < -0.39 is 35.9 Å². The van der Waals surface area contributed by atoms with Crippen molar-refractivity contribution in [3.63, 3.8) is 0 Å². The number of nitrogens with zero attached hydrogens (tertiary/aromatic N) is 1. The molecule has 1 aromatic rings. The number of carbonyl (C=O) groups is 2. The van der Waals surface area contributed by atoms with Gasteiger partial charge >= 0.3 is 12.5 Å². The minimum Gasteiger partial charge on any atom is -0.442 e. The van der Waals surface area contributed by atoms with E-state index >= 15 is 4.39 Å². The lowest BCUT2D eigenvalue weighted by atomic mass is 9.90. The Bertz CT molecular complexity index is 1110. The van der Waals surface area contributed by atoms with Crippen LogP contribution in [-0.2, 0) is 9.53 Å². The van der Waals surface area contributed by atoms with E-state index in [9.17, 15) is 23.2 Å². The largest absolute Gasteiger partial charge is 0.442 e. The Labute approximate surface area is 208 Å². The first-order valence-corrected chi connectivity index (χ1v) is 11.7. The van der Waals surface area contributed by atoms with Gasteiger partial charge in [0.1, 0.15) is 11.9 Å². The second kappa shape index (κ2) is 10.4. The molecule has 2 N–H and O–H groups in total. The number of allylic oxidation sites excluding steroid dienone is 1. The maximum absolute atomic E-state index is 15.1. The Morgan fingerprint density at radius 1 is 1.32 bits per heavy atom. The predicted molar refractivity (Wildman–Crippen MR) is 129 cm³/mol. The molecule has 2 aliphatic rings. The lowest BCUT2D eigenvalue weighted by Crippen LogP contribution is -2.47. The smallest absolute Gasteiger partial charge is 0.411 e. The molecule has 0 aromatic heterocycles. The molecule has 0 saturated carbocycles. The molecule has 1 aromatic carbocycles. The third kappa shape index (κ3) is 5.73. The molecule has 1 saturated heterocycles. The normalized spacial score (nSPS) is 22.4. The number of carbonyl (C=O) groups excluding carboxylic acids is 2. The summed E-state index contributed by atoms with van der Waals surface area (Å²) in [6.07, 6.45) is -1.71. The predicted octanol–water partition coefficient (Wildman–Crippen LogP) is 4.29. The molecular formula is C23H25F3IN3O4. The van der Waals surface area contributed by atoms with Gasteiger partial charge in [-0.2, -0.15) is 8.78 Å². The maximum atomic E-state index is 15.1. The number of rotatable bonds is 7. The quantitative estimate of drug-likeness (QED) is 0.463. The Morgan fingerprint density at radius 2 is 2.03 bits per heavy atom. The number of hydrogen-bond donors (Lipinski definition) is 2. The molecule has 11 heteroatoms. The van der Waals surface area contributed by atoms with Crippen LogP contribution in [0.2, 0.25) is 0 Å². The van der Waals surface area contributed by atoms with Crippen LogP contribution in [0.3, 0.4) is 0 Å². The lowest BCUT2D eigenvalue weighted by Gasteiger charge is -2.36. The SMILES string of the molecule is CC(C)c1cc(=O)c(NC2=CCC(C)(N3C[C@H](CNC(=O)C(F)F)OC3=O)C=C2F)ccc1I. The number of cyclic esters (lactones) is 1. The minimum absolute atomic E-state index is 0.00508. The highest BCUT2D eigenvalue weighted by Gasteiger charge is 2.43. The third-order valence-electron chi connectivity index (χ3n) is 5.72. The molecule has 1 heterocycles. The van der Waals surface area contributed by atoms with E-state index in [0.717, 1.165) is 9.13 Å². The van der Waals surface area contributed by atoms with Crippen molar-refractivity contribution in [2.75, 3.05) is 18.4 Å². The van der Waals surface area contributed by atoms with Crippen LogP contribution >= 0.6 is 22.6 Å². The van der Waals surface area contributed by atoms with Gasteiger partial charge in [0.2, 0.25) is 5.43 Å². The maximum Gasteiger partial charge on any atom is 0.411 e. The van der Waals surface area contributed by atoms with Gasteiger partial charge in [-0.05, 0) is 71.7 Å². The molecule has 0 bridgehead atoms. The van der Waals surface area contributed by atoms with Crippen molar-refractivity contribution in [2.24, 2.45) is 0 Å². The zero-order valence-electron chi connectivity index (χ0n) is 18.8. The molecule has 0 spiro atoms. The average Bonchev–Trinajstić information content (AvgIpc) is 3.08. The van der Waals surface area contributed by atoms with E-state index in [4.69, 9.17) is 4.74 Å². The van der Waals surface area contributed by atoms with Gasteiger partial charge in [0.15, 0.2) is 0 Å². The van der Waals surface area contributed by atoms with Gasteiger partial charge in [0.25, 0.3) is 5.91 Å². The molecule has 3 rings (SSSR count). The summed E-state index contributed by atoms with van der Waals surface area (Å²) >= 11 is 2.15. The number of ether oxygens (including phenoxy) is 1. The summed E-state index contributed by atoms with van der Waals surface area (Å²) in [6, 6.07) is 4.94. The van der Waals surface area contributed by atoms with E-state index in [1.807, 2.05) is 19.2 Å². The molecule has 1 fully saturated rings. The molecule has 1 aliphatic carbocycles. The van der Waals surface area contributed by atoms with E-state index in [-0.39, 0.29) is 42.2 Å². The van der Waals surface area contributed by atoms with Gasteiger partial charge in [-0.25, -0.2) is 9.18 Å². The van der Waals surface area contributed by atoms with Gasteiger partial charge in [0, 0.05) is 3.57 Å². The van der Waals surface area contributed by atoms with Crippen LogP contribution in [0.5, 0.6) is 0 Å². The topological polar surface area (TPSA) is 87.7 Å². The molecule has 2 atom stereocenters. The molecule has 7 nitrogen and oxygen atoms in total. The standard InChI is InChI=1S/C23H25F3IN3O4/c1-12(2)14-8-19(31)18(5-4-16(14)27)29-17-6-7-23(3,9-15(17)24)30-11-13(34-22(30)33)10-28-21(32)20(25)26/h4-6,8-9,12-13,20H,7,10-11H2,1-3H3,(H,28,32)(H,29,31)/t13-,23?/m0/s1. The lowest BCUT2D eigenvalue weighted by molar-refractivity contribution is -0.132. The van der Waals surface area contributed by atoms with Crippen LogP contribution in [0.1, 0.15) is 38.7 Å². The van der Waals surface area contributed by atoms with Crippen molar-refractivity contribution in [1.82, 2.24) is 10.2 Å². The third-order valence-corrected chi connectivity index (χ3v) is 6.71. The number of alkyl halides is 2. The second-order valence-corrected chi connectivity index (χ2v) is 9.83. The first kappa shape index (κ1) is 26.0. The number of amides is 2. The summed E-state index contributed by atoms with van der Waals surface area (Å²) in [5.41, 5.74) is -0.124. The fraction of sp³-hybridized carbons (Fsp3) is 0.435. The fourth-order valence-corrected chi connectivity index (χ4v) is 4.72. The molecule has 184 valence electrons. The fourth-order valence-electron chi connectivity index (χ4n) is 3.76. The van der Waals surface area contributed by atoms with Crippen LogP contribution < -0.4 is 16.1 Å². The zero-order chi connectivity index (χ0) is 25.2. The van der Waals surface area contributed by atoms with Gasteiger partial charge < -0.3 is 15.4 Å². The van der Waals surface area contributed by atoms with E-state index in [2.05, 4.69) is 27.9 Å². The van der Waals surface area contributed by atoms with Crippen LogP contribution in [-0.4, -0.2) is 48.1 Å². The van der Waals surface area contributed by atoms with Gasteiger partial charge in [-0.3, -0.25) is 14.5 Å². The molecule has 2 amide bonds. The second-order valence-electron chi connectivity index (χ2n) is 8.67. The zero-order valence-corrected chi connectivity index (χ0v) is 21.0. The summed E-state index contributed by atoms with van der Waals surface area (Å²) in [7, 11) is 0. The van der Waals surface area contributed by atoms with E-state index in [0.29, 0.717) is 0 Å². The molecule has 1 unspecified atom stereocenters. The van der Waals surface area contributed by atoms with Gasteiger partial charge in [-0.15, -0.1) is 0 Å². The average molecular weight is 591 g/mol.